The number of unbranched alkanes of at least 4 members (excludes halogenated alkanes) is 12. The van der Waals surface area contributed by atoms with Crippen LogP contribution in [-0.2, 0) is 54.5 Å². The van der Waals surface area contributed by atoms with Gasteiger partial charge in [0, 0.05) is 38.4 Å². The van der Waals surface area contributed by atoms with E-state index < -0.39 is 27.5 Å². The van der Waals surface area contributed by atoms with Crippen molar-refractivity contribution in [3.63, 3.8) is 0 Å². The van der Waals surface area contributed by atoms with Crippen LogP contribution in [0.3, 0.4) is 0 Å². The highest BCUT2D eigenvalue weighted by molar-refractivity contribution is 7.92. The summed E-state index contributed by atoms with van der Waals surface area (Å²) < 4.78 is 54.4. The molecule has 0 aliphatic heterocycles. The summed E-state index contributed by atoms with van der Waals surface area (Å²) in [5.74, 6) is -1.81. The number of amides is 1. The molecule has 0 atom stereocenters. The van der Waals surface area contributed by atoms with Crippen LogP contribution in [0.15, 0.2) is 41.6 Å². The SMILES string of the molecule is CC(C)(C)OC(=O)CCCCCCCCCCCCCCCc1ccc(S(=O)(=O)Nc2ncc(C(=O)NCCOCCOCC(=O)CCCOCCOCC(=O)O)cn2)cc1. The average Bonchev–Trinajstić information content (AvgIpc) is 3.20. The van der Waals surface area contributed by atoms with Crippen LogP contribution in [0.25, 0.3) is 0 Å². The van der Waals surface area contributed by atoms with Gasteiger partial charge in [0.05, 0.1) is 43.5 Å². The zero-order valence-corrected chi connectivity index (χ0v) is 37.4. The van der Waals surface area contributed by atoms with Crippen molar-refractivity contribution in [1.82, 2.24) is 15.3 Å². The lowest BCUT2D eigenvalue weighted by molar-refractivity contribution is -0.155. The smallest absolute Gasteiger partial charge is 0.329 e. The Morgan fingerprint density at radius 1 is 0.639 bits per heavy atom. The van der Waals surface area contributed by atoms with E-state index >= 15 is 0 Å². The second kappa shape index (κ2) is 31.8. The molecule has 1 heterocycles. The molecule has 0 saturated carbocycles. The quantitative estimate of drug-likeness (QED) is 0.0467. The summed E-state index contributed by atoms with van der Waals surface area (Å²) in [5.41, 5.74) is 0.830. The normalized spacial score (nSPS) is 11.7. The molecule has 0 bridgehead atoms. The molecule has 16 nitrogen and oxygen atoms in total. The number of esters is 1. The van der Waals surface area contributed by atoms with Crippen LogP contribution in [0, 0.1) is 0 Å². The van der Waals surface area contributed by atoms with E-state index in [0.29, 0.717) is 25.9 Å². The first-order valence-electron chi connectivity index (χ1n) is 21.7. The number of aromatic nitrogens is 2. The van der Waals surface area contributed by atoms with Gasteiger partial charge in [-0.15, -0.1) is 0 Å². The first kappa shape index (κ1) is 53.1. The summed E-state index contributed by atoms with van der Waals surface area (Å²) in [6, 6.07) is 6.81. The van der Waals surface area contributed by atoms with Gasteiger partial charge in [-0.05, 0) is 64.2 Å². The van der Waals surface area contributed by atoms with Gasteiger partial charge in [-0.3, -0.25) is 14.4 Å². The summed E-state index contributed by atoms with van der Waals surface area (Å²) in [5, 5.41) is 11.1. The van der Waals surface area contributed by atoms with E-state index in [2.05, 4.69) is 20.0 Å². The zero-order chi connectivity index (χ0) is 44.6. The molecule has 0 radical (unpaired) electrons. The van der Waals surface area contributed by atoms with Gasteiger partial charge in [-0.25, -0.2) is 27.9 Å². The number of hydrogen-bond donors (Lipinski definition) is 3. The zero-order valence-electron chi connectivity index (χ0n) is 36.6. The summed E-state index contributed by atoms with van der Waals surface area (Å²) in [6.45, 7) is 6.91. The minimum atomic E-state index is -3.92. The number of Topliss-reactive ketones (excluding diaryl/α,β-unsaturated/α-hetero) is 1. The molecule has 0 unspecified atom stereocenters. The Morgan fingerprint density at radius 3 is 1.74 bits per heavy atom. The molecule has 0 saturated heterocycles. The first-order chi connectivity index (χ1) is 29.2. The van der Waals surface area contributed by atoms with Gasteiger partial charge in [-0.2, -0.15) is 0 Å². The molecule has 1 amide bonds. The maximum atomic E-state index is 12.9. The number of ether oxygens (including phenoxy) is 5. The minimum Gasteiger partial charge on any atom is -0.480 e. The number of carbonyl (C=O) groups excluding carboxylic acids is 3. The lowest BCUT2D eigenvalue weighted by Gasteiger charge is -2.19. The predicted molar refractivity (Wildman–Crippen MR) is 231 cm³/mol. The number of benzene rings is 1. The number of carbonyl (C=O) groups is 4. The van der Waals surface area contributed by atoms with Crippen LogP contribution in [0.1, 0.15) is 139 Å². The van der Waals surface area contributed by atoms with Crippen LogP contribution in [-0.4, -0.2) is 112 Å². The average molecular weight is 879 g/mol. The molecule has 0 spiro atoms. The molecule has 3 N–H and O–H groups in total. The molecule has 0 fully saturated rings. The van der Waals surface area contributed by atoms with Gasteiger partial charge in [0.25, 0.3) is 15.9 Å². The molecule has 2 rings (SSSR count). The van der Waals surface area contributed by atoms with Gasteiger partial charge in [0.15, 0.2) is 5.78 Å². The van der Waals surface area contributed by atoms with Crippen LogP contribution >= 0.6 is 0 Å². The maximum absolute atomic E-state index is 12.9. The number of sulfonamides is 1. The lowest BCUT2D eigenvalue weighted by atomic mass is 10.0. The van der Waals surface area contributed by atoms with Crippen molar-refractivity contribution in [1.29, 1.82) is 0 Å². The summed E-state index contributed by atoms with van der Waals surface area (Å²) in [4.78, 5) is 54.5. The van der Waals surface area contributed by atoms with E-state index in [-0.39, 0.29) is 81.0 Å². The number of hydrogen-bond acceptors (Lipinski definition) is 13. The van der Waals surface area contributed by atoms with Crippen molar-refractivity contribution < 1.29 is 56.4 Å². The van der Waals surface area contributed by atoms with Gasteiger partial charge in [0.1, 0.15) is 18.8 Å². The van der Waals surface area contributed by atoms with Crippen molar-refractivity contribution in [3.05, 3.63) is 47.8 Å². The standard InChI is InChI=1S/C44H70N4O12S/c1-44(2,3)60-41(52)20-16-14-12-10-8-6-4-5-7-9-11-13-15-18-36-21-23-39(24-22-36)61(54,55)48-43-46-32-37(33-47-43)42(53)45-25-27-57-29-30-58-34-38(49)19-17-26-56-28-31-59-35-40(50)51/h21-24,32-33H,4-20,25-31,34-35H2,1-3H3,(H,45,53)(H,50,51)(H,46,47,48). The van der Waals surface area contributed by atoms with Gasteiger partial charge in [0.2, 0.25) is 5.95 Å². The van der Waals surface area contributed by atoms with Crippen LogP contribution in [0.4, 0.5) is 5.95 Å². The highest BCUT2D eigenvalue weighted by Gasteiger charge is 2.17. The minimum absolute atomic E-state index is 0.0482. The van der Waals surface area contributed by atoms with Crippen LogP contribution in [0.5, 0.6) is 0 Å². The second-order valence-electron chi connectivity index (χ2n) is 15.8. The van der Waals surface area contributed by atoms with E-state index in [1.54, 1.807) is 12.1 Å². The fraction of sp³-hybridized carbons (Fsp3) is 0.682. The highest BCUT2D eigenvalue weighted by atomic mass is 32.2. The number of aryl methyl sites for hydroxylation is 1. The molecule has 1 aromatic heterocycles. The summed E-state index contributed by atoms with van der Waals surface area (Å²) in [7, 11) is -3.92. The number of aliphatic carboxylic acids is 1. The molecule has 344 valence electrons. The number of nitrogens with zero attached hydrogens (tertiary/aromatic N) is 2. The van der Waals surface area contributed by atoms with E-state index in [1.807, 2.05) is 32.9 Å². The van der Waals surface area contributed by atoms with Crippen molar-refractivity contribution >= 4 is 39.6 Å². The monoisotopic (exact) mass is 878 g/mol. The Labute approximate surface area is 362 Å². The fourth-order valence-corrected chi connectivity index (χ4v) is 6.97. The largest absolute Gasteiger partial charge is 0.480 e. The van der Waals surface area contributed by atoms with Crippen molar-refractivity contribution in [2.45, 2.75) is 140 Å². The molecule has 0 aliphatic carbocycles. The summed E-state index contributed by atoms with van der Waals surface area (Å²) >= 11 is 0. The number of ketones is 1. The van der Waals surface area contributed by atoms with Crippen molar-refractivity contribution in [2.24, 2.45) is 0 Å². The molecule has 17 heteroatoms. The molecular formula is C44H70N4O12S. The Kier molecular flexibility index (Phi) is 27.7. The number of carboxylic acids is 1. The predicted octanol–water partition coefficient (Wildman–Crippen LogP) is 6.85. The Bertz CT molecular complexity index is 1640. The molecular weight excluding hydrogens is 809 g/mol. The Hall–Kier alpha value is -4.03. The van der Waals surface area contributed by atoms with E-state index in [4.69, 9.17) is 28.8 Å². The van der Waals surface area contributed by atoms with Crippen LogP contribution in [0.2, 0.25) is 0 Å². The molecule has 1 aromatic carbocycles. The number of nitrogens with one attached hydrogen (secondary N) is 2. The third-order valence-electron chi connectivity index (χ3n) is 9.15. The number of carboxylic acid groups (broad SMARTS) is 1. The maximum Gasteiger partial charge on any atom is 0.329 e. The molecule has 61 heavy (non-hydrogen) atoms. The Morgan fingerprint density at radius 2 is 1.16 bits per heavy atom. The molecule has 2 aromatic rings. The number of anilines is 1. The highest BCUT2D eigenvalue weighted by Crippen LogP contribution is 2.18. The van der Waals surface area contributed by atoms with E-state index in [0.717, 1.165) is 37.7 Å². The van der Waals surface area contributed by atoms with Crippen LogP contribution < -0.4 is 10.0 Å². The topological polar surface area (TPSA) is 219 Å². The lowest BCUT2D eigenvalue weighted by Crippen LogP contribution is -2.28. The van der Waals surface area contributed by atoms with Crippen molar-refractivity contribution in [3.8, 4) is 0 Å². The Balaban J connectivity index is 1.48. The first-order valence-corrected chi connectivity index (χ1v) is 23.2. The van der Waals surface area contributed by atoms with Gasteiger partial charge >= 0.3 is 11.9 Å². The fourth-order valence-electron chi connectivity index (χ4n) is 6.02. The van der Waals surface area contributed by atoms with Gasteiger partial charge < -0.3 is 34.1 Å². The second-order valence-corrected chi connectivity index (χ2v) is 17.5. The van der Waals surface area contributed by atoms with E-state index in [9.17, 15) is 27.6 Å². The van der Waals surface area contributed by atoms with Crippen molar-refractivity contribution in [2.75, 3.05) is 64.1 Å². The number of rotatable bonds is 37. The van der Waals surface area contributed by atoms with Gasteiger partial charge in [-0.1, -0.05) is 82.8 Å². The third-order valence-corrected chi connectivity index (χ3v) is 10.5. The molecule has 0 aliphatic rings. The van der Waals surface area contributed by atoms with E-state index in [1.165, 1.54) is 70.2 Å². The summed E-state index contributed by atoms with van der Waals surface area (Å²) in [6.07, 6.45) is 20.1. The third kappa shape index (κ3) is 28.2.